The summed E-state index contributed by atoms with van der Waals surface area (Å²) in [4.78, 5) is 11.5. The van der Waals surface area contributed by atoms with Crippen molar-refractivity contribution in [1.29, 1.82) is 0 Å². The van der Waals surface area contributed by atoms with Crippen molar-refractivity contribution in [3.8, 4) is 5.69 Å². The van der Waals surface area contributed by atoms with E-state index in [1.165, 1.54) is 0 Å². The predicted octanol–water partition coefficient (Wildman–Crippen LogP) is 2.50. The van der Waals surface area contributed by atoms with Crippen LogP contribution in [-0.4, -0.2) is 10.5 Å². The molecular weight excluding hydrogens is 305 g/mol. The molecule has 0 aliphatic carbocycles. The SMILES string of the molecule is NNC(=O)c1cccn1-c1ccc(Br)c(Cl)c1. The first-order valence-electron chi connectivity index (χ1n) is 4.77. The molecule has 1 aromatic carbocycles. The van der Waals surface area contributed by atoms with Crippen molar-refractivity contribution in [2.24, 2.45) is 5.84 Å². The summed E-state index contributed by atoms with van der Waals surface area (Å²) in [5.74, 6) is 4.77. The zero-order chi connectivity index (χ0) is 12.4. The maximum atomic E-state index is 11.5. The molecular formula is C11H9BrClN3O. The van der Waals surface area contributed by atoms with Gasteiger partial charge in [0.05, 0.1) is 5.02 Å². The topological polar surface area (TPSA) is 60.0 Å². The molecule has 0 aliphatic rings. The lowest BCUT2D eigenvalue weighted by molar-refractivity contribution is 0.0947. The van der Waals surface area contributed by atoms with E-state index in [1.54, 1.807) is 29.0 Å². The molecule has 6 heteroatoms. The Kier molecular flexibility index (Phi) is 3.51. The zero-order valence-electron chi connectivity index (χ0n) is 8.65. The molecule has 0 spiro atoms. The number of rotatable bonds is 2. The number of nitrogen functional groups attached to an aromatic ring is 1. The fraction of sp³-hybridized carbons (Fsp3) is 0. The van der Waals surface area contributed by atoms with Gasteiger partial charge in [-0.2, -0.15) is 0 Å². The number of carbonyl (C=O) groups excluding carboxylic acids is 1. The summed E-state index contributed by atoms with van der Waals surface area (Å²) in [5, 5.41) is 0.579. The van der Waals surface area contributed by atoms with E-state index < -0.39 is 0 Å². The highest BCUT2D eigenvalue weighted by atomic mass is 79.9. The molecule has 1 aromatic heterocycles. The van der Waals surface area contributed by atoms with E-state index in [-0.39, 0.29) is 5.91 Å². The number of nitrogens with two attached hydrogens (primary N) is 1. The van der Waals surface area contributed by atoms with E-state index in [9.17, 15) is 4.79 Å². The molecule has 1 heterocycles. The van der Waals surface area contributed by atoms with Gasteiger partial charge in [-0.1, -0.05) is 11.6 Å². The van der Waals surface area contributed by atoms with Crippen LogP contribution in [0.2, 0.25) is 5.02 Å². The third-order valence-corrected chi connectivity index (χ3v) is 3.53. The van der Waals surface area contributed by atoms with Crippen LogP contribution in [0.4, 0.5) is 0 Å². The van der Waals surface area contributed by atoms with Crippen LogP contribution in [0.5, 0.6) is 0 Å². The summed E-state index contributed by atoms with van der Waals surface area (Å²) in [5.41, 5.74) is 3.34. The Labute approximate surface area is 111 Å². The Morgan fingerprint density at radius 1 is 1.41 bits per heavy atom. The number of carbonyl (C=O) groups is 1. The van der Waals surface area contributed by atoms with Gasteiger partial charge in [0.2, 0.25) is 0 Å². The summed E-state index contributed by atoms with van der Waals surface area (Å²) in [6.07, 6.45) is 1.77. The Hall–Kier alpha value is -1.30. The van der Waals surface area contributed by atoms with Crippen LogP contribution in [0.25, 0.3) is 5.69 Å². The molecule has 0 saturated heterocycles. The normalized spacial score (nSPS) is 10.3. The van der Waals surface area contributed by atoms with Gasteiger partial charge in [-0.3, -0.25) is 10.2 Å². The van der Waals surface area contributed by atoms with Crippen molar-refractivity contribution in [2.75, 3.05) is 0 Å². The minimum atomic E-state index is -0.353. The summed E-state index contributed by atoms with van der Waals surface area (Å²) in [6.45, 7) is 0. The second-order valence-electron chi connectivity index (χ2n) is 3.34. The van der Waals surface area contributed by atoms with Gasteiger partial charge in [0.25, 0.3) is 5.91 Å². The Balaban J connectivity index is 2.50. The Bertz CT molecular complexity index is 568. The fourth-order valence-corrected chi connectivity index (χ4v) is 1.92. The maximum absolute atomic E-state index is 11.5. The number of aromatic nitrogens is 1. The fourth-order valence-electron chi connectivity index (χ4n) is 1.50. The van der Waals surface area contributed by atoms with Crippen molar-refractivity contribution in [1.82, 2.24) is 9.99 Å². The summed E-state index contributed by atoms with van der Waals surface area (Å²) < 4.78 is 2.51. The van der Waals surface area contributed by atoms with Gasteiger partial charge in [0.1, 0.15) is 5.69 Å². The Morgan fingerprint density at radius 2 is 2.18 bits per heavy atom. The van der Waals surface area contributed by atoms with Crippen molar-refractivity contribution in [3.63, 3.8) is 0 Å². The van der Waals surface area contributed by atoms with E-state index in [1.807, 2.05) is 12.1 Å². The second-order valence-corrected chi connectivity index (χ2v) is 4.60. The van der Waals surface area contributed by atoms with Crippen LogP contribution < -0.4 is 11.3 Å². The van der Waals surface area contributed by atoms with Crippen LogP contribution in [-0.2, 0) is 0 Å². The molecule has 17 heavy (non-hydrogen) atoms. The molecule has 0 bridgehead atoms. The highest BCUT2D eigenvalue weighted by Crippen LogP contribution is 2.25. The van der Waals surface area contributed by atoms with Gasteiger partial charge in [-0.05, 0) is 46.3 Å². The van der Waals surface area contributed by atoms with E-state index in [0.717, 1.165) is 10.2 Å². The summed E-state index contributed by atoms with van der Waals surface area (Å²) >= 11 is 9.32. The molecule has 4 nitrogen and oxygen atoms in total. The second kappa shape index (κ2) is 4.91. The molecule has 2 aromatic rings. The highest BCUT2D eigenvalue weighted by molar-refractivity contribution is 9.10. The molecule has 0 unspecified atom stereocenters. The maximum Gasteiger partial charge on any atom is 0.282 e. The van der Waals surface area contributed by atoms with Crippen LogP contribution in [0.1, 0.15) is 10.5 Å². The van der Waals surface area contributed by atoms with Crippen molar-refractivity contribution in [3.05, 3.63) is 51.7 Å². The average molecular weight is 315 g/mol. The van der Waals surface area contributed by atoms with Crippen LogP contribution >= 0.6 is 27.5 Å². The van der Waals surface area contributed by atoms with Crippen molar-refractivity contribution < 1.29 is 4.79 Å². The van der Waals surface area contributed by atoms with E-state index in [0.29, 0.717) is 10.7 Å². The highest BCUT2D eigenvalue weighted by Gasteiger charge is 2.11. The summed E-state index contributed by atoms with van der Waals surface area (Å²) in [7, 11) is 0. The van der Waals surface area contributed by atoms with Crippen LogP contribution in [0.3, 0.4) is 0 Å². The molecule has 0 saturated carbocycles. The number of hydrazine groups is 1. The van der Waals surface area contributed by atoms with Gasteiger partial charge in [0.15, 0.2) is 0 Å². The van der Waals surface area contributed by atoms with Crippen molar-refractivity contribution >= 4 is 33.4 Å². The van der Waals surface area contributed by atoms with Gasteiger partial charge in [-0.15, -0.1) is 0 Å². The van der Waals surface area contributed by atoms with Crippen LogP contribution in [0.15, 0.2) is 41.0 Å². The molecule has 88 valence electrons. The monoisotopic (exact) mass is 313 g/mol. The number of nitrogens with one attached hydrogen (secondary N) is 1. The van der Waals surface area contributed by atoms with Gasteiger partial charge in [-0.25, -0.2) is 5.84 Å². The molecule has 0 fully saturated rings. The standard InChI is InChI=1S/C11H9BrClN3O/c12-8-4-3-7(6-9(8)13)16-5-1-2-10(16)11(17)15-14/h1-6H,14H2,(H,15,17). The molecule has 1 amide bonds. The van der Waals surface area contributed by atoms with Crippen LogP contribution in [0, 0.1) is 0 Å². The minimum Gasteiger partial charge on any atom is -0.312 e. The quantitative estimate of drug-likeness (QED) is 0.508. The number of nitrogens with zero attached hydrogens (tertiary/aromatic N) is 1. The van der Waals surface area contributed by atoms with Gasteiger partial charge >= 0.3 is 0 Å². The third-order valence-electron chi connectivity index (χ3n) is 2.29. The molecule has 3 N–H and O–H groups in total. The number of halogens is 2. The Morgan fingerprint density at radius 3 is 2.82 bits per heavy atom. The lowest BCUT2D eigenvalue weighted by atomic mass is 10.3. The number of hydrogen-bond acceptors (Lipinski definition) is 2. The van der Waals surface area contributed by atoms with Crippen molar-refractivity contribution in [2.45, 2.75) is 0 Å². The molecule has 2 rings (SSSR count). The number of amides is 1. The van der Waals surface area contributed by atoms with E-state index in [2.05, 4.69) is 21.4 Å². The third kappa shape index (κ3) is 2.36. The molecule has 0 atom stereocenters. The van der Waals surface area contributed by atoms with E-state index >= 15 is 0 Å². The van der Waals surface area contributed by atoms with Gasteiger partial charge in [0, 0.05) is 16.4 Å². The first-order valence-corrected chi connectivity index (χ1v) is 5.94. The summed E-state index contributed by atoms with van der Waals surface area (Å²) in [6, 6.07) is 8.88. The first-order chi connectivity index (χ1) is 8.13. The van der Waals surface area contributed by atoms with Gasteiger partial charge < -0.3 is 4.57 Å². The number of benzene rings is 1. The molecule has 0 radical (unpaired) electrons. The largest absolute Gasteiger partial charge is 0.312 e. The average Bonchev–Trinajstić information content (AvgIpc) is 2.80. The first kappa shape index (κ1) is 12.2. The smallest absolute Gasteiger partial charge is 0.282 e. The number of hydrogen-bond donors (Lipinski definition) is 2. The zero-order valence-corrected chi connectivity index (χ0v) is 11.0. The molecule has 0 aliphatic heterocycles. The lowest BCUT2D eigenvalue weighted by Crippen LogP contribution is -2.31. The minimum absolute atomic E-state index is 0.353. The predicted molar refractivity (Wildman–Crippen MR) is 70.1 cm³/mol. The lowest BCUT2D eigenvalue weighted by Gasteiger charge is -2.09. The van der Waals surface area contributed by atoms with E-state index in [4.69, 9.17) is 17.4 Å².